The van der Waals surface area contributed by atoms with Gasteiger partial charge in [-0.1, -0.05) is 36.4 Å². The average molecular weight is 362 g/mol. The topological polar surface area (TPSA) is 76.1 Å². The van der Waals surface area contributed by atoms with E-state index in [2.05, 4.69) is 20.6 Å². The molecule has 6 nitrogen and oxygen atoms in total. The molecule has 1 heterocycles. The highest BCUT2D eigenvalue weighted by atomic mass is 16.5. The number of ether oxygens (including phenoxy) is 1. The first-order valence-corrected chi connectivity index (χ1v) is 8.67. The third kappa shape index (κ3) is 5.04. The van der Waals surface area contributed by atoms with Gasteiger partial charge in [-0.2, -0.15) is 0 Å². The zero-order valence-corrected chi connectivity index (χ0v) is 15.4. The molecule has 0 aliphatic carbocycles. The molecule has 6 heteroatoms. The third-order valence-corrected chi connectivity index (χ3v) is 4.22. The van der Waals surface area contributed by atoms with Crippen molar-refractivity contribution in [3.05, 3.63) is 83.3 Å². The van der Waals surface area contributed by atoms with Gasteiger partial charge in [0.15, 0.2) is 0 Å². The maximum Gasteiger partial charge on any atom is 0.271 e. The molecule has 138 valence electrons. The van der Waals surface area contributed by atoms with Crippen LogP contribution in [0.4, 0.5) is 5.82 Å². The Labute approximate surface area is 158 Å². The smallest absolute Gasteiger partial charge is 0.271 e. The lowest BCUT2D eigenvalue weighted by Gasteiger charge is -2.09. The van der Waals surface area contributed by atoms with Crippen molar-refractivity contribution >= 4 is 11.7 Å². The molecule has 3 aromatic rings. The predicted molar refractivity (Wildman–Crippen MR) is 105 cm³/mol. The van der Waals surface area contributed by atoms with Crippen LogP contribution in [0.25, 0.3) is 0 Å². The molecule has 0 bridgehead atoms. The van der Waals surface area contributed by atoms with Crippen molar-refractivity contribution in [2.75, 3.05) is 12.4 Å². The van der Waals surface area contributed by atoms with Gasteiger partial charge >= 0.3 is 0 Å². The van der Waals surface area contributed by atoms with Crippen LogP contribution in [0.5, 0.6) is 5.75 Å². The molecule has 0 radical (unpaired) electrons. The molecule has 0 aliphatic heterocycles. The lowest BCUT2D eigenvalue weighted by atomic mass is 10.1. The lowest BCUT2D eigenvalue weighted by Crippen LogP contribution is -2.24. The summed E-state index contributed by atoms with van der Waals surface area (Å²) < 4.78 is 5.14. The minimum Gasteiger partial charge on any atom is -0.497 e. The first-order chi connectivity index (χ1) is 13.2. The number of nitrogens with one attached hydrogen (secondary N) is 2. The summed E-state index contributed by atoms with van der Waals surface area (Å²) in [5.74, 6) is 1.19. The predicted octanol–water partition coefficient (Wildman–Crippen LogP) is 3.34. The molecule has 0 atom stereocenters. The summed E-state index contributed by atoms with van der Waals surface area (Å²) >= 11 is 0. The number of benzene rings is 2. The van der Waals surface area contributed by atoms with Crippen molar-refractivity contribution in [3.63, 3.8) is 0 Å². The van der Waals surface area contributed by atoms with Crippen molar-refractivity contribution in [2.45, 2.75) is 20.0 Å². The fourth-order valence-electron chi connectivity index (χ4n) is 2.55. The highest BCUT2D eigenvalue weighted by Gasteiger charge is 2.08. The number of carbonyl (C=O) groups excluding carboxylic acids is 1. The molecule has 0 unspecified atom stereocenters. The van der Waals surface area contributed by atoms with E-state index in [1.54, 1.807) is 13.3 Å². The van der Waals surface area contributed by atoms with E-state index >= 15 is 0 Å². The Morgan fingerprint density at radius 1 is 1.00 bits per heavy atom. The first kappa shape index (κ1) is 18.4. The number of carbonyl (C=O) groups is 1. The Kier molecular flexibility index (Phi) is 5.99. The largest absolute Gasteiger partial charge is 0.497 e. The second-order valence-electron chi connectivity index (χ2n) is 6.10. The standard InChI is InChI=1S/C21H22N4O2/c1-15-5-3-4-6-17(15)12-25-21(26)19-13-24-20(14-22-19)23-11-16-7-9-18(27-2)10-8-16/h3-10,13-14H,11-12H2,1-2H3,(H,23,24)(H,25,26). The van der Waals surface area contributed by atoms with Crippen LogP contribution in [-0.2, 0) is 13.1 Å². The van der Waals surface area contributed by atoms with E-state index in [9.17, 15) is 4.79 Å². The van der Waals surface area contributed by atoms with Crippen LogP contribution >= 0.6 is 0 Å². The van der Waals surface area contributed by atoms with Crippen molar-refractivity contribution < 1.29 is 9.53 Å². The minimum absolute atomic E-state index is 0.243. The molecule has 0 spiro atoms. The number of anilines is 1. The lowest BCUT2D eigenvalue weighted by molar-refractivity contribution is 0.0945. The number of amides is 1. The Bertz CT molecular complexity index is 893. The molecule has 1 amide bonds. The number of methoxy groups -OCH3 is 1. The molecule has 0 saturated carbocycles. The van der Waals surface area contributed by atoms with Gasteiger partial charge < -0.3 is 15.4 Å². The fraction of sp³-hybridized carbons (Fsp3) is 0.190. The summed E-state index contributed by atoms with van der Waals surface area (Å²) in [5.41, 5.74) is 3.61. The summed E-state index contributed by atoms with van der Waals surface area (Å²) in [6.45, 7) is 3.09. The molecule has 0 aliphatic rings. The molecule has 0 fully saturated rings. The summed E-state index contributed by atoms with van der Waals surface area (Å²) in [4.78, 5) is 20.7. The highest BCUT2D eigenvalue weighted by molar-refractivity contribution is 5.91. The Balaban J connectivity index is 1.53. The summed E-state index contributed by atoms with van der Waals surface area (Å²) in [6.07, 6.45) is 3.04. The van der Waals surface area contributed by atoms with Crippen LogP contribution in [0.3, 0.4) is 0 Å². The molecule has 27 heavy (non-hydrogen) atoms. The van der Waals surface area contributed by atoms with Gasteiger partial charge in [0, 0.05) is 13.1 Å². The van der Waals surface area contributed by atoms with Gasteiger partial charge in [0.25, 0.3) is 5.91 Å². The molecule has 0 saturated heterocycles. The van der Waals surface area contributed by atoms with Crippen molar-refractivity contribution in [3.8, 4) is 5.75 Å². The van der Waals surface area contributed by atoms with Crippen LogP contribution in [0.1, 0.15) is 27.2 Å². The van der Waals surface area contributed by atoms with Gasteiger partial charge in [-0.3, -0.25) is 4.79 Å². The monoisotopic (exact) mass is 362 g/mol. The van der Waals surface area contributed by atoms with Gasteiger partial charge in [0.1, 0.15) is 17.3 Å². The quantitative estimate of drug-likeness (QED) is 0.674. The molecular formula is C21H22N4O2. The number of rotatable bonds is 7. The minimum atomic E-state index is -0.243. The fourth-order valence-corrected chi connectivity index (χ4v) is 2.55. The van der Waals surface area contributed by atoms with E-state index in [-0.39, 0.29) is 5.91 Å². The molecular weight excluding hydrogens is 340 g/mol. The molecule has 2 N–H and O–H groups in total. The number of hydrogen-bond acceptors (Lipinski definition) is 5. The van der Waals surface area contributed by atoms with E-state index in [4.69, 9.17) is 4.74 Å². The molecule has 1 aromatic heterocycles. The van der Waals surface area contributed by atoms with Gasteiger partial charge in [-0.05, 0) is 35.7 Å². The number of aryl methyl sites for hydroxylation is 1. The summed E-state index contributed by atoms with van der Waals surface area (Å²) in [7, 11) is 1.64. The van der Waals surface area contributed by atoms with E-state index in [1.165, 1.54) is 6.20 Å². The van der Waals surface area contributed by atoms with E-state index in [1.807, 2.05) is 55.5 Å². The van der Waals surface area contributed by atoms with E-state index in [0.717, 1.165) is 22.4 Å². The second kappa shape index (κ2) is 8.80. The average Bonchev–Trinajstić information content (AvgIpc) is 2.72. The Hall–Kier alpha value is -3.41. The zero-order valence-electron chi connectivity index (χ0n) is 15.4. The second-order valence-corrected chi connectivity index (χ2v) is 6.10. The van der Waals surface area contributed by atoms with Crippen molar-refractivity contribution in [1.29, 1.82) is 0 Å². The maximum absolute atomic E-state index is 12.2. The van der Waals surface area contributed by atoms with Crippen LogP contribution in [0.15, 0.2) is 60.9 Å². The van der Waals surface area contributed by atoms with Gasteiger partial charge in [-0.15, -0.1) is 0 Å². The number of hydrogen-bond donors (Lipinski definition) is 2. The maximum atomic E-state index is 12.2. The van der Waals surface area contributed by atoms with Gasteiger partial charge in [0.05, 0.1) is 19.5 Å². The normalized spacial score (nSPS) is 10.3. The van der Waals surface area contributed by atoms with Crippen LogP contribution in [-0.4, -0.2) is 23.0 Å². The third-order valence-electron chi connectivity index (χ3n) is 4.22. The van der Waals surface area contributed by atoms with Crippen LogP contribution in [0.2, 0.25) is 0 Å². The Morgan fingerprint density at radius 2 is 1.78 bits per heavy atom. The van der Waals surface area contributed by atoms with Crippen molar-refractivity contribution in [1.82, 2.24) is 15.3 Å². The van der Waals surface area contributed by atoms with Crippen LogP contribution < -0.4 is 15.4 Å². The SMILES string of the molecule is COc1ccc(CNc2cnc(C(=O)NCc3ccccc3C)cn2)cc1. The summed E-state index contributed by atoms with van der Waals surface area (Å²) in [6, 6.07) is 15.7. The number of nitrogens with zero attached hydrogens (tertiary/aromatic N) is 2. The van der Waals surface area contributed by atoms with Gasteiger partial charge in [0.2, 0.25) is 0 Å². The van der Waals surface area contributed by atoms with Crippen LogP contribution in [0, 0.1) is 6.92 Å². The highest BCUT2D eigenvalue weighted by Crippen LogP contribution is 2.12. The summed E-state index contributed by atoms with van der Waals surface area (Å²) in [5, 5.41) is 6.05. The first-order valence-electron chi connectivity index (χ1n) is 8.67. The number of aromatic nitrogens is 2. The molecule has 2 aromatic carbocycles. The van der Waals surface area contributed by atoms with Crippen molar-refractivity contribution in [2.24, 2.45) is 0 Å². The Morgan fingerprint density at radius 3 is 2.44 bits per heavy atom. The molecule has 3 rings (SSSR count). The van der Waals surface area contributed by atoms with E-state index in [0.29, 0.717) is 24.6 Å². The zero-order chi connectivity index (χ0) is 19.1. The van der Waals surface area contributed by atoms with Gasteiger partial charge in [-0.25, -0.2) is 9.97 Å². The van der Waals surface area contributed by atoms with E-state index < -0.39 is 0 Å².